The number of rotatable bonds is 7. The lowest BCUT2D eigenvalue weighted by Crippen LogP contribution is -2.42. The number of aromatic nitrogens is 1. The molecule has 6 heteroatoms. The lowest BCUT2D eigenvalue weighted by atomic mass is 10.1. The minimum atomic E-state index is -0.260. The van der Waals surface area contributed by atoms with Crippen LogP contribution in [0.1, 0.15) is 38.7 Å². The number of methoxy groups -OCH3 is 1. The summed E-state index contributed by atoms with van der Waals surface area (Å²) in [6, 6.07) is 4.37. The quantitative estimate of drug-likeness (QED) is 0.717. The fourth-order valence-electron chi connectivity index (χ4n) is 2.96. The van der Waals surface area contributed by atoms with Gasteiger partial charge in [0.05, 0.1) is 12.6 Å². The van der Waals surface area contributed by atoms with Crippen LogP contribution in [0.3, 0.4) is 0 Å². The average Bonchev–Trinajstić information content (AvgIpc) is 3.05. The zero-order valence-corrected chi connectivity index (χ0v) is 15.2. The molecule has 2 heterocycles. The molecule has 1 fully saturated rings. The minimum Gasteiger partial charge on any atom is -0.447 e. The first-order chi connectivity index (χ1) is 11.6. The summed E-state index contributed by atoms with van der Waals surface area (Å²) in [7, 11) is 1.60. The number of amides is 1. The molecular weight excluding hydrogens is 306 g/mol. The Morgan fingerprint density at radius 1 is 1.42 bits per heavy atom. The molecule has 24 heavy (non-hydrogen) atoms. The maximum Gasteiger partial charge on any atom is 0.410 e. The summed E-state index contributed by atoms with van der Waals surface area (Å²) >= 11 is 0. The van der Waals surface area contributed by atoms with Crippen molar-refractivity contribution in [2.75, 3.05) is 44.9 Å². The molecule has 1 aliphatic rings. The summed E-state index contributed by atoms with van der Waals surface area (Å²) in [5, 5.41) is 0. The number of likely N-dealkylation sites (N-methyl/N-ethyl adjacent to an activating group) is 1. The Hall–Kier alpha value is -1.82. The number of carbonyl (C=O) groups is 1. The first-order valence-electron chi connectivity index (χ1n) is 8.70. The molecule has 1 aromatic heterocycles. The summed E-state index contributed by atoms with van der Waals surface area (Å²) in [6.45, 7) is 9.36. The van der Waals surface area contributed by atoms with Gasteiger partial charge in [0.1, 0.15) is 12.4 Å². The van der Waals surface area contributed by atoms with Gasteiger partial charge in [-0.05, 0) is 30.9 Å². The normalized spacial score (nSPS) is 17.4. The van der Waals surface area contributed by atoms with Crippen molar-refractivity contribution in [2.45, 2.75) is 39.2 Å². The van der Waals surface area contributed by atoms with E-state index in [1.807, 2.05) is 13.1 Å². The van der Waals surface area contributed by atoms with Crippen molar-refractivity contribution in [3.05, 3.63) is 23.9 Å². The van der Waals surface area contributed by atoms with Crippen LogP contribution in [0.2, 0.25) is 0 Å². The molecule has 1 unspecified atom stereocenters. The number of hydrogen-bond acceptors (Lipinski definition) is 5. The van der Waals surface area contributed by atoms with Gasteiger partial charge in [0.25, 0.3) is 0 Å². The van der Waals surface area contributed by atoms with Gasteiger partial charge in [-0.3, -0.25) is 0 Å². The zero-order chi connectivity index (χ0) is 17.5. The van der Waals surface area contributed by atoms with E-state index in [-0.39, 0.29) is 12.1 Å². The van der Waals surface area contributed by atoms with Crippen molar-refractivity contribution in [1.82, 2.24) is 9.88 Å². The molecule has 0 aromatic carbocycles. The van der Waals surface area contributed by atoms with Gasteiger partial charge in [-0.2, -0.15) is 0 Å². The minimum absolute atomic E-state index is 0.164. The zero-order valence-electron chi connectivity index (χ0n) is 15.2. The number of ether oxygens (including phenoxy) is 2. The standard InChI is InChI=1S/C18H29N3O3/c1-5-21(18(22)24-11-10-23-4)16-8-9-20(13-16)17-7-6-15(12-19-17)14(2)3/h6-7,12,14,16H,5,8-11,13H2,1-4H3. The van der Waals surface area contributed by atoms with E-state index in [2.05, 4.69) is 35.9 Å². The molecule has 0 bridgehead atoms. The maximum atomic E-state index is 12.2. The summed E-state index contributed by atoms with van der Waals surface area (Å²) in [6.07, 6.45) is 2.62. The monoisotopic (exact) mass is 335 g/mol. The van der Waals surface area contributed by atoms with E-state index >= 15 is 0 Å². The third-order valence-electron chi connectivity index (χ3n) is 4.45. The van der Waals surface area contributed by atoms with E-state index in [9.17, 15) is 4.79 Å². The van der Waals surface area contributed by atoms with Crippen molar-refractivity contribution in [1.29, 1.82) is 0 Å². The van der Waals surface area contributed by atoms with Crippen molar-refractivity contribution >= 4 is 11.9 Å². The summed E-state index contributed by atoms with van der Waals surface area (Å²) in [4.78, 5) is 20.8. The molecule has 0 saturated carbocycles. The first kappa shape index (κ1) is 18.5. The summed E-state index contributed by atoms with van der Waals surface area (Å²) in [5.41, 5.74) is 1.24. The van der Waals surface area contributed by atoms with Gasteiger partial charge < -0.3 is 19.3 Å². The molecule has 2 rings (SSSR count). The topological polar surface area (TPSA) is 54.9 Å². The summed E-state index contributed by atoms with van der Waals surface area (Å²) in [5.74, 6) is 1.46. The van der Waals surface area contributed by atoms with Crippen LogP contribution >= 0.6 is 0 Å². The predicted octanol–water partition coefficient (Wildman–Crippen LogP) is 2.89. The fourth-order valence-corrected chi connectivity index (χ4v) is 2.96. The molecule has 0 N–H and O–H groups in total. The third kappa shape index (κ3) is 4.60. The maximum absolute atomic E-state index is 12.2. The van der Waals surface area contributed by atoms with Crippen LogP contribution in [0.5, 0.6) is 0 Å². The average molecular weight is 335 g/mol. The van der Waals surface area contributed by atoms with Crippen molar-refractivity contribution in [2.24, 2.45) is 0 Å². The molecule has 0 aliphatic carbocycles. The van der Waals surface area contributed by atoms with Crippen LogP contribution in [0.4, 0.5) is 10.6 Å². The Morgan fingerprint density at radius 2 is 2.21 bits per heavy atom. The highest BCUT2D eigenvalue weighted by atomic mass is 16.6. The Balaban J connectivity index is 1.93. The number of pyridine rings is 1. The number of anilines is 1. The fraction of sp³-hybridized carbons (Fsp3) is 0.667. The van der Waals surface area contributed by atoms with Crippen LogP contribution in [-0.4, -0.2) is 62.0 Å². The second kappa shape index (κ2) is 8.87. The molecule has 134 valence electrons. The Bertz CT molecular complexity index is 519. The Labute approximate surface area is 144 Å². The predicted molar refractivity (Wildman–Crippen MR) is 94.5 cm³/mol. The van der Waals surface area contributed by atoms with Crippen LogP contribution in [0, 0.1) is 0 Å². The van der Waals surface area contributed by atoms with Gasteiger partial charge >= 0.3 is 6.09 Å². The first-order valence-corrected chi connectivity index (χ1v) is 8.70. The van der Waals surface area contributed by atoms with Crippen LogP contribution in [0.25, 0.3) is 0 Å². The molecule has 1 saturated heterocycles. The lowest BCUT2D eigenvalue weighted by Gasteiger charge is -2.27. The van der Waals surface area contributed by atoms with Gasteiger partial charge in [0, 0.05) is 32.9 Å². The van der Waals surface area contributed by atoms with E-state index in [0.29, 0.717) is 25.7 Å². The van der Waals surface area contributed by atoms with Gasteiger partial charge in [-0.25, -0.2) is 9.78 Å². The molecule has 1 atom stereocenters. The van der Waals surface area contributed by atoms with Gasteiger partial charge in [0.2, 0.25) is 0 Å². The van der Waals surface area contributed by atoms with Crippen molar-refractivity contribution < 1.29 is 14.3 Å². The lowest BCUT2D eigenvalue weighted by molar-refractivity contribution is 0.0647. The van der Waals surface area contributed by atoms with Crippen molar-refractivity contribution in [3.63, 3.8) is 0 Å². The van der Waals surface area contributed by atoms with Crippen LogP contribution < -0.4 is 4.90 Å². The highest BCUT2D eigenvalue weighted by Crippen LogP contribution is 2.23. The van der Waals surface area contributed by atoms with Gasteiger partial charge in [-0.15, -0.1) is 0 Å². The van der Waals surface area contributed by atoms with E-state index in [4.69, 9.17) is 9.47 Å². The smallest absolute Gasteiger partial charge is 0.410 e. The number of hydrogen-bond donors (Lipinski definition) is 0. The van der Waals surface area contributed by atoms with Crippen molar-refractivity contribution in [3.8, 4) is 0 Å². The van der Waals surface area contributed by atoms with Crippen LogP contribution in [-0.2, 0) is 9.47 Å². The second-order valence-electron chi connectivity index (χ2n) is 6.39. The van der Waals surface area contributed by atoms with E-state index < -0.39 is 0 Å². The molecule has 1 aromatic rings. The SMILES string of the molecule is CCN(C(=O)OCCOC)C1CCN(c2ccc(C(C)C)cn2)C1. The molecule has 6 nitrogen and oxygen atoms in total. The third-order valence-corrected chi connectivity index (χ3v) is 4.45. The molecule has 0 spiro atoms. The van der Waals surface area contributed by atoms with Gasteiger partial charge in [0.15, 0.2) is 0 Å². The second-order valence-corrected chi connectivity index (χ2v) is 6.39. The van der Waals surface area contributed by atoms with E-state index in [1.165, 1.54) is 5.56 Å². The molecule has 1 amide bonds. The molecule has 0 radical (unpaired) electrons. The number of carbonyl (C=O) groups excluding carboxylic acids is 1. The highest BCUT2D eigenvalue weighted by molar-refractivity contribution is 5.68. The van der Waals surface area contributed by atoms with E-state index in [0.717, 1.165) is 25.3 Å². The number of nitrogens with zero attached hydrogens (tertiary/aromatic N) is 3. The Morgan fingerprint density at radius 3 is 2.79 bits per heavy atom. The van der Waals surface area contributed by atoms with Crippen LogP contribution in [0.15, 0.2) is 18.3 Å². The molecule has 1 aliphatic heterocycles. The Kier molecular flexibility index (Phi) is 6.85. The largest absolute Gasteiger partial charge is 0.447 e. The highest BCUT2D eigenvalue weighted by Gasteiger charge is 2.31. The van der Waals surface area contributed by atoms with Gasteiger partial charge in [-0.1, -0.05) is 19.9 Å². The molecular formula is C18H29N3O3. The van der Waals surface area contributed by atoms with E-state index in [1.54, 1.807) is 12.0 Å². The summed E-state index contributed by atoms with van der Waals surface area (Å²) < 4.78 is 10.2.